The Bertz CT molecular complexity index is 673. The topological polar surface area (TPSA) is 75.1 Å². The number of rotatable bonds is 3. The summed E-state index contributed by atoms with van der Waals surface area (Å²) in [7, 11) is 0. The molecule has 2 N–H and O–H groups in total. The molecular weight excluding hydrogens is 278 g/mol. The fourth-order valence-corrected chi connectivity index (χ4v) is 1.96. The van der Waals surface area contributed by atoms with Gasteiger partial charge in [0.15, 0.2) is 0 Å². The Morgan fingerprint density at radius 3 is 2.41 bits per heavy atom. The summed E-state index contributed by atoms with van der Waals surface area (Å²) in [5.74, 6) is 0.295. The van der Waals surface area contributed by atoms with Crippen molar-refractivity contribution in [3.63, 3.8) is 0 Å². The number of phenolic OH excluding ortho intramolecular Hbond substituents is 1. The maximum Gasteiger partial charge on any atom is 0.259 e. The molecule has 0 radical (unpaired) electrons. The van der Waals surface area contributed by atoms with Crippen molar-refractivity contribution < 1.29 is 9.90 Å². The van der Waals surface area contributed by atoms with Gasteiger partial charge in [0.2, 0.25) is 0 Å². The second-order valence-corrected chi connectivity index (χ2v) is 6.20. The molecule has 0 fully saturated rings. The number of carbonyl (C=O) groups excluding carboxylic acids is 1. The lowest BCUT2D eigenvalue weighted by molar-refractivity contribution is 0.102. The van der Waals surface area contributed by atoms with Gasteiger partial charge in [0.05, 0.1) is 23.6 Å². The van der Waals surface area contributed by atoms with E-state index in [4.69, 9.17) is 0 Å². The van der Waals surface area contributed by atoms with E-state index in [1.165, 1.54) is 6.07 Å². The highest BCUT2D eigenvalue weighted by Gasteiger charge is 2.17. The number of amides is 1. The van der Waals surface area contributed by atoms with Crippen molar-refractivity contribution in [1.82, 2.24) is 9.97 Å². The van der Waals surface area contributed by atoms with E-state index in [1.54, 1.807) is 24.5 Å². The van der Waals surface area contributed by atoms with Crippen LogP contribution in [0.3, 0.4) is 0 Å². The Morgan fingerprint density at radius 2 is 1.86 bits per heavy atom. The van der Waals surface area contributed by atoms with Crippen molar-refractivity contribution in [3.8, 4) is 5.75 Å². The fourth-order valence-electron chi connectivity index (χ4n) is 1.96. The number of anilines is 1. The fraction of sp³-hybridized carbons (Fsp3) is 0.353. The van der Waals surface area contributed by atoms with Crippen molar-refractivity contribution in [3.05, 3.63) is 47.5 Å². The molecule has 0 atom stereocenters. The molecule has 0 unspecified atom stereocenters. The number of hydrogen-bond donors (Lipinski definition) is 2. The van der Waals surface area contributed by atoms with Gasteiger partial charge in [0.25, 0.3) is 5.91 Å². The lowest BCUT2D eigenvalue weighted by Crippen LogP contribution is -2.17. The Labute approximate surface area is 130 Å². The smallest absolute Gasteiger partial charge is 0.259 e. The molecule has 1 aromatic heterocycles. The molecule has 5 heteroatoms. The Kier molecular flexibility index (Phi) is 4.45. The predicted molar refractivity (Wildman–Crippen MR) is 86.2 cm³/mol. The standard InChI is InChI=1S/C17H21N3O2/c1-5-11-6-7-14(21)13(8-11)15(22)20-12-9-18-16(19-10-12)17(2,3)4/h6-10,21H,5H2,1-4H3,(H,20,22). The van der Waals surface area contributed by atoms with Crippen LogP contribution in [0.5, 0.6) is 5.75 Å². The van der Waals surface area contributed by atoms with Crippen molar-refractivity contribution >= 4 is 11.6 Å². The molecule has 0 saturated heterocycles. The normalized spacial score (nSPS) is 11.3. The number of benzene rings is 1. The van der Waals surface area contributed by atoms with E-state index in [1.807, 2.05) is 27.7 Å². The summed E-state index contributed by atoms with van der Waals surface area (Å²) in [4.78, 5) is 20.8. The minimum absolute atomic E-state index is 0.0399. The molecule has 0 aliphatic carbocycles. The molecular formula is C17H21N3O2. The molecule has 1 heterocycles. The molecule has 0 saturated carbocycles. The van der Waals surface area contributed by atoms with Crippen LogP contribution in [-0.4, -0.2) is 21.0 Å². The molecule has 2 rings (SSSR count). The number of aromatic nitrogens is 2. The minimum Gasteiger partial charge on any atom is -0.507 e. The number of hydrogen-bond acceptors (Lipinski definition) is 4. The summed E-state index contributed by atoms with van der Waals surface area (Å²) in [5, 5.41) is 12.5. The van der Waals surface area contributed by atoms with Crippen LogP contribution in [0.25, 0.3) is 0 Å². The Balaban J connectivity index is 2.19. The van der Waals surface area contributed by atoms with Crippen LogP contribution in [0.15, 0.2) is 30.6 Å². The average molecular weight is 299 g/mol. The quantitative estimate of drug-likeness (QED) is 0.912. The van der Waals surface area contributed by atoms with E-state index in [0.29, 0.717) is 11.5 Å². The first kappa shape index (κ1) is 15.9. The molecule has 1 aromatic carbocycles. The van der Waals surface area contributed by atoms with Gasteiger partial charge < -0.3 is 10.4 Å². The first-order valence-corrected chi connectivity index (χ1v) is 7.27. The molecule has 22 heavy (non-hydrogen) atoms. The van der Waals surface area contributed by atoms with Crippen LogP contribution in [0.2, 0.25) is 0 Å². The van der Waals surface area contributed by atoms with Gasteiger partial charge in [-0.1, -0.05) is 33.8 Å². The lowest BCUT2D eigenvalue weighted by Gasteiger charge is -2.16. The summed E-state index contributed by atoms with van der Waals surface area (Å²) in [6.07, 6.45) is 3.95. The van der Waals surface area contributed by atoms with Crippen molar-refractivity contribution in [2.24, 2.45) is 0 Å². The lowest BCUT2D eigenvalue weighted by atomic mass is 9.96. The molecule has 0 bridgehead atoms. The van der Waals surface area contributed by atoms with E-state index in [-0.39, 0.29) is 22.6 Å². The number of nitrogens with zero attached hydrogens (tertiary/aromatic N) is 2. The first-order valence-electron chi connectivity index (χ1n) is 7.27. The van der Waals surface area contributed by atoms with E-state index >= 15 is 0 Å². The molecule has 116 valence electrons. The highest BCUT2D eigenvalue weighted by atomic mass is 16.3. The van der Waals surface area contributed by atoms with Crippen LogP contribution >= 0.6 is 0 Å². The third-order valence-electron chi connectivity index (χ3n) is 3.29. The van der Waals surface area contributed by atoms with Gasteiger partial charge in [-0.3, -0.25) is 4.79 Å². The van der Waals surface area contributed by atoms with E-state index in [9.17, 15) is 9.90 Å². The van der Waals surface area contributed by atoms with Crippen LogP contribution < -0.4 is 5.32 Å². The largest absolute Gasteiger partial charge is 0.507 e. The van der Waals surface area contributed by atoms with Crippen molar-refractivity contribution in [2.45, 2.75) is 39.5 Å². The zero-order valence-electron chi connectivity index (χ0n) is 13.3. The molecule has 0 aliphatic rings. The zero-order chi connectivity index (χ0) is 16.3. The highest BCUT2D eigenvalue weighted by Crippen LogP contribution is 2.21. The monoisotopic (exact) mass is 299 g/mol. The predicted octanol–water partition coefficient (Wildman–Crippen LogP) is 3.29. The Morgan fingerprint density at radius 1 is 1.23 bits per heavy atom. The molecule has 0 spiro atoms. The summed E-state index contributed by atoms with van der Waals surface area (Å²) >= 11 is 0. The number of nitrogens with one attached hydrogen (secondary N) is 1. The van der Waals surface area contributed by atoms with Crippen molar-refractivity contribution in [2.75, 3.05) is 5.32 Å². The van der Waals surface area contributed by atoms with Gasteiger partial charge >= 0.3 is 0 Å². The van der Waals surface area contributed by atoms with Crippen molar-refractivity contribution in [1.29, 1.82) is 0 Å². The summed E-state index contributed by atoms with van der Waals surface area (Å²) in [6, 6.07) is 5.02. The molecule has 2 aromatic rings. The SMILES string of the molecule is CCc1ccc(O)c(C(=O)Nc2cnc(C(C)(C)C)nc2)c1. The highest BCUT2D eigenvalue weighted by molar-refractivity contribution is 6.06. The maximum atomic E-state index is 12.3. The van der Waals surface area contributed by atoms with Gasteiger partial charge in [-0.25, -0.2) is 9.97 Å². The van der Waals surface area contributed by atoms with E-state index in [2.05, 4.69) is 15.3 Å². The summed E-state index contributed by atoms with van der Waals surface area (Å²) < 4.78 is 0. The molecule has 1 amide bonds. The Hall–Kier alpha value is -2.43. The number of carbonyl (C=O) groups is 1. The van der Waals surface area contributed by atoms with Gasteiger partial charge in [-0.05, 0) is 24.1 Å². The minimum atomic E-state index is -0.375. The molecule has 5 nitrogen and oxygen atoms in total. The van der Waals surface area contributed by atoms with Gasteiger partial charge in [0, 0.05) is 5.41 Å². The third kappa shape index (κ3) is 3.61. The number of aryl methyl sites for hydroxylation is 1. The van der Waals surface area contributed by atoms with E-state index in [0.717, 1.165) is 12.0 Å². The van der Waals surface area contributed by atoms with Crippen LogP contribution in [0.4, 0.5) is 5.69 Å². The molecule has 0 aliphatic heterocycles. The van der Waals surface area contributed by atoms with Gasteiger partial charge in [-0.15, -0.1) is 0 Å². The van der Waals surface area contributed by atoms with Crippen LogP contribution in [-0.2, 0) is 11.8 Å². The maximum absolute atomic E-state index is 12.3. The van der Waals surface area contributed by atoms with Gasteiger partial charge in [-0.2, -0.15) is 0 Å². The number of phenols is 1. The second kappa shape index (κ2) is 6.13. The number of aromatic hydroxyl groups is 1. The average Bonchev–Trinajstić information content (AvgIpc) is 2.47. The summed E-state index contributed by atoms with van der Waals surface area (Å²) in [5.41, 5.74) is 1.59. The van der Waals surface area contributed by atoms with E-state index < -0.39 is 0 Å². The van der Waals surface area contributed by atoms with Crippen LogP contribution in [0.1, 0.15) is 49.4 Å². The van der Waals surface area contributed by atoms with Gasteiger partial charge in [0.1, 0.15) is 11.6 Å². The van der Waals surface area contributed by atoms with Crippen LogP contribution in [0, 0.1) is 0 Å². The summed E-state index contributed by atoms with van der Waals surface area (Å²) in [6.45, 7) is 8.06. The third-order valence-corrected chi connectivity index (χ3v) is 3.29. The first-order chi connectivity index (χ1) is 10.3. The zero-order valence-corrected chi connectivity index (χ0v) is 13.3. The second-order valence-electron chi connectivity index (χ2n) is 6.20.